The molecule has 2 atom stereocenters. The number of aromatic nitrogens is 2. The fraction of sp³-hybridized carbons (Fsp3) is 0.400. The van der Waals surface area contributed by atoms with Crippen molar-refractivity contribution in [3.63, 3.8) is 0 Å². The Morgan fingerprint density at radius 1 is 1.14 bits per heavy atom. The molecule has 4 rings (SSSR count). The van der Waals surface area contributed by atoms with Gasteiger partial charge in [-0.25, -0.2) is 0 Å². The normalized spacial score (nSPS) is 16.7. The van der Waals surface area contributed by atoms with Crippen molar-refractivity contribution >= 4 is 23.4 Å². The Morgan fingerprint density at radius 3 is 2.57 bits per heavy atom. The number of benzene rings is 1. The second kappa shape index (κ2) is 10.5. The second-order valence-electron chi connectivity index (χ2n) is 9.01. The van der Waals surface area contributed by atoms with E-state index in [1.165, 1.54) is 13.2 Å². The van der Waals surface area contributed by atoms with E-state index in [2.05, 4.69) is 20.8 Å². The lowest BCUT2D eigenvalue weighted by molar-refractivity contribution is -0.135. The van der Waals surface area contributed by atoms with Gasteiger partial charge in [0.25, 0.3) is 5.91 Å². The van der Waals surface area contributed by atoms with Crippen LogP contribution >= 0.6 is 0 Å². The molecule has 1 aromatic carbocycles. The lowest BCUT2D eigenvalue weighted by atomic mass is 9.95. The number of nitrogens with one attached hydrogen (secondary N) is 2. The van der Waals surface area contributed by atoms with Crippen LogP contribution < -0.4 is 10.6 Å². The molecule has 35 heavy (non-hydrogen) atoms. The number of anilines is 1. The molecule has 3 heterocycles. The molecule has 0 saturated carbocycles. The van der Waals surface area contributed by atoms with Crippen LogP contribution in [0.25, 0.3) is 11.4 Å². The zero-order valence-electron chi connectivity index (χ0n) is 20.0. The zero-order valence-corrected chi connectivity index (χ0v) is 20.0. The number of furan rings is 1. The average Bonchev–Trinajstić information content (AvgIpc) is 3.55. The standard InChI is InChI=1S/C25H29N5O5/c1-15(2)21(27-23(32)20-7-5-13-34-20)25(33)30-12-4-6-18(14-30)24-28-22(29-35-24)17-8-10-19(11-9-17)26-16(3)31/h5,7-11,13,15,18,21H,4,6,12,14H2,1-3H3,(H,26,31)(H,27,32). The highest BCUT2D eigenvalue weighted by molar-refractivity contribution is 5.95. The van der Waals surface area contributed by atoms with Crippen LogP contribution in [0.15, 0.2) is 51.6 Å². The predicted molar refractivity (Wildman–Crippen MR) is 127 cm³/mol. The fourth-order valence-corrected chi connectivity index (χ4v) is 4.13. The first-order valence-electron chi connectivity index (χ1n) is 11.7. The minimum absolute atomic E-state index is 0.0961. The van der Waals surface area contributed by atoms with E-state index in [1.807, 2.05) is 26.0 Å². The number of carbonyl (C=O) groups is 3. The van der Waals surface area contributed by atoms with Gasteiger partial charge in [0.1, 0.15) is 6.04 Å². The van der Waals surface area contributed by atoms with Gasteiger partial charge in [-0.05, 0) is 55.2 Å². The van der Waals surface area contributed by atoms with Crippen molar-refractivity contribution in [3.8, 4) is 11.4 Å². The summed E-state index contributed by atoms with van der Waals surface area (Å²) in [5.41, 5.74) is 1.45. The number of amides is 3. The number of nitrogens with zero attached hydrogens (tertiary/aromatic N) is 3. The van der Waals surface area contributed by atoms with Gasteiger partial charge >= 0.3 is 0 Å². The molecule has 184 valence electrons. The lowest BCUT2D eigenvalue weighted by Crippen LogP contribution is -2.53. The Labute approximate surface area is 203 Å². The summed E-state index contributed by atoms with van der Waals surface area (Å²) in [5, 5.41) is 9.64. The summed E-state index contributed by atoms with van der Waals surface area (Å²) in [6.45, 7) is 6.28. The van der Waals surface area contributed by atoms with Gasteiger partial charge in [-0.2, -0.15) is 4.98 Å². The summed E-state index contributed by atoms with van der Waals surface area (Å²) in [4.78, 5) is 43.3. The maximum absolute atomic E-state index is 13.3. The number of hydrogen-bond donors (Lipinski definition) is 2. The third-order valence-corrected chi connectivity index (χ3v) is 5.95. The van der Waals surface area contributed by atoms with Crippen LogP contribution in [0.5, 0.6) is 0 Å². The van der Waals surface area contributed by atoms with Gasteiger partial charge in [-0.15, -0.1) is 0 Å². The molecular weight excluding hydrogens is 450 g/mol. The molecule has 10 nitrogen and oxygen atoms in total. The summed E-state index contributed by atoms with van der Waals surface area (Å²) < 4.78 is 10.7. The number of piperidine rings is 1. The smallest absolute Gasteiger partial charge is 0.287 e. The van der Waals surface area contributed by atoms with E-state index in [-0.39, 0.29) is 29.4 Å². The number of rotatable bonds is 7. The van der Waals surface area contributed by atoms with Gasteiger partial charge in [0.15, 0.2) is 5.76 Å². The van der Waals surface area contributed by atoms with E-state index in [9.17, 15) is 14.4 Å². The largest absolute Gasteiger partial charge is 0.459 e. The SMILES string of the molecule is CC(=O)Nc1ccc(-c2noc(C3CCCN(C(=O)C(NC(=O)c4ccco4)C(C)C)C3)n2)cc1. The van der Waals surface area contributed by atoms with Crippen molar-refractivity contribution in [2.45, 2.75) is 45.6 Å². The molecule has 1 fully saturated rings. The Kier molecular flexibility index (Phi) is 7.28. The van der Waals surface area contributed by atoms with Crippen molar-refractivity contribution in [1.82, 2.24) is 20.4 Å². The van der Waals surface area contributed by atoms with Crippen LogP contribution in [-0.2, 0) is 9.59 Å². The van der Waals surface area contributed by atoms with E-state index < -0.39 is 11.9 Å². The maximum Gasteiger partial charge on any atom is 0.287 e. The Hall–Kier alpha value is -3.95. The van der Waals surface area contributed by atoms with Crippen molar-refractivity contribution < 1.29 is 23.3 Å². The molecule has 0 radical (unpaired) electrons. The maximum atomic E-state index is 13.3. The summed E-state index contributed by atoms with van der Waals surface area (Å²) in [6, 6.07) is 9.69. The summed E-state index contributed by atoms with van der Waals surface area (Å²) in [6.07, 6.45) is 3.03. The lowest BCUT2D eigenvalue weighted by Gasteiger charge is -2.34. The van der Waals surface area contributed by atoms with E-state index in [1.54, 1.807) is 29.2 Å². The van der Waals surface area contributed by atoms with Gasteiger partial charge in [0.2, 0.25) is 23.5 Å². The Bertz CT molecular complexity index is 1170. The second-order valence-corrected chi connectivity index (χ2v) is 9.01. The molecule has 0 aliphatic carbocycles. The Morgan fingerprint density at radius 2 is 1.91 bits per heavy atom. The van der Waals surface area contributed by atoms with Crippen LogP contribution in [0.3, 0.4) is 0 Å². The number of hydrogen-bond acceptors (Lipinski definition) is 7. The minimum Gasteiger partial charge on any atom is -0.459 e. The summed E-state index contributed by atoms with van der Waals surface area (Å²) in [5.74, 6) is 0.200. The predicted octanol–water partition coefficient (Wildman–Crippen LogP) is 3.45. The first kappa shape index (κ1) is 24.2. The molecular formula is C25H29N5O5. The van der Waals surface area contributed by atoms with Crippen molar-refractivity contribution in [2.75, 3.05) is 18.4 Å². The highest BCUT2D eigenvalue weighted by Gasteiger charge is 2.34. The molecule has 2 N–H and O–H groups in total. The van der Waals surface area contributed by atoms with Crippen LogP contribution in [0, 0.1) is 5.92 Å². The van der Waals surface area contributed by atoms with Crippen LogP contribution in [0.4, 0.5) is 5.69 Å². The topological polar surface area (TPSA) is 131 Å². The average molecular weight is 480 g/mol. The first-order valence-corrected chi connectivity index (χ1v) is 11.7. The molecule has 10 heteroatoms. The van der Waals surface area contributed by atoms with Crippen LogP contribution in [0.2, 0.25) is 0 Å². The quantitative estimate of drug-likeness (QED) is 0.531. The fourth-order valence-electron chi connectivity index (χ4n) is 4.13. The third-order valence-electron chi connectivity index (χ3n) is 5.95. The third kappa shape index (κ3) is 5.76. The molecule has 0 spiro atoms. The Balaban J connectivity index is 1.43. The number of likely N-dealkylation sites (tertiary alicyclic amines) is 1. The molecule has 0 bridgehead atoms. The van der Waals surface area contributed by atoms with Gasteiger partial charge < -0.3 is 24.5 Å². The van der Waals surface area contributed by atoms with E-state index in [4.69, 9.17) is 8.94 Å². The van der Waals surface area contributed by atoms with Crippen LogP contribution in [-0.4, -0.2) is 51.9 Å². The number of carbonyl (C=O) groups excluding carboxylic acids is 3. The monoisotopic (exact) mass is 479 g/mol. The van der Waals surface area contributed by atoms with Gasteiger partial charge in [-0.3, -0.25) is 14.4 Å². The molecule has 1 aliphatic heterocycles. The summed E-state index contributed by atoms with van der Waals surface area (Å²) >= 11 is 0. The molecule has 3 amide bonds. The van der Waals surface area contributed by atoms with Gasteiger partial charge in [-0.1, -0.05) is 19.0 Å². The molecule has 2 unspecified atom stereocenters. The molecule has 3 aromatic rings. The molecule has 2 aromatic heterocycles. The molecule has 1 saturated heterocycles. The van der Waals surface area contributed by atoms with Crippen molar-refractivity contribution in [3.05, 3.63) is 54.3 Å². The summed E-state index contributed by atoms with van der Waals surface area (Å²) in [7, 11) is 0. The highest BCUT2D eigenvalue weighted by Crippen LogP contribution is 2.28. The van der Waals surface area contributed by atoms with Crippen LogP contribution in [0.1, 0.15) is 56.0 Å². The van der Waals surface area contributed by atoms with Crippen molar-refractivity contribution in [1.29, 1.82) is 0 Å². The minimum atomic E-state index is -0.674. The van der Waals surface area contributed by atoms with Gasteiger partial charge in [0, 0.05) is 31.3 Å². The highest BCUT2D eigenvalue weighted by atomic mass is 16.5. The first-order chi connectivity index (χ1) is 16.8. The van der Waals surface area contributed by atoms with E-state index in [0.717, 1.165) is 18.4 Å². The van der Waals surface area contributed by atoms with E-state index >= 15 is 0 Å². The van der Waals surface area contributed by atoms with E-state index in [0.29, 0.717) is 30.5 Å². The van der Waals surface area contributed by atoms with Crippen molar-refractivity contribution in [2.24, 2.45) is 5.92 Å². The zero-order chi connectivity index (χ0) is 24.9. The van der Waals surface area contributed by atoms with Gasteiger partial charge in [0.05, 0.1) is 12.2 Å². The molecule has 1 aliphatic rings.